The number of fused-ring (bicyclic) bond motifs is 1. The van der Waals surface area contributed by atoms with Gasteiger partial charge in [0.1, 0.15) is 0 Å². The number of methoxy groups -OCH3 is 2. The van der Waals surface area contributed by atoms with Gasteiger partial charge in [0.25, 0.3) is 0 Å². The van der Waals surface area contributed by atoms with E-state index in [4.69, 9.17) is 9.47 Å². The summed E-state index contributed by atoms with van der Waals surface area (Å²) in [5.41, 5.74) is 2.29. The molecule has 4 nitrogen and oxygen atoms in total. The highest BCUT2D eigenvalue weighted by molar-refractivity contribution is 5.53. The molecule has 1 heterocycles. The fourth-order valence-corrected chi connectivity index (χ4v) is 4.11. The molecular weight excluding hydrogens is 302 g/mol. The molecule has 0 spiro atoms. The Morgan fingerprint density at radius 1 is 1.21 bits per heavy atom. The molecule has 0 bridgehead atoms. The van der Waals surface area contributed by atoms with Crippen LogP contribution in [-0.2, 0) is 5.41 Å². The zero-order valence-corrected chi connectivity index (χ0v) is 15.8. The van der Waals surface area contributed by atoms with Gasteiger partial charge < -0.3 is 19.5 Å². The molecule has 2 unspecified atom stereocenters. The number of hydrogen-bond acceptors (Lipinski definition) is 4. The highest BCUT2D eigenvalue weighted by Gasteiger charge is 2.48. The lowest BCUT2D eigenvalue weighted by Crippen LogP contribution is -2.44. The van der Waals surface area contributed by atoms with E-state index in [-0.39, 0.29) is 11.5 Å². The molecule has 134 valence electrons. The zero-order valence-electron chi connectivity index (χ0n) is 15.8. The summed E-state index contributed by atoms with van der Waals surface area (Å²) in [6, 6.07) is 4.63. The molecule has 0 amide bonds. The van der Waals surface area contributed by atoms with Crippen molar-refractivity contribution in [1.29, 1.82) is 0 Å². The molecule has 1 saturated heterocycles. The van der Waals surface area contributed by atoms with Crippen LogP contribution in [0.15, 0.2) is 24.3 Å². The molecule has 0 radical (unpaired) electrons. The highest BCUT2D eigenvalue weighted by Crippen LogP contribution is 2.47. The highest BCUT2D eigenvalue weighted by atomic mass is 16.5. The van der Waals surface area contributed by atoms with Crippen LogP contribution in [-0.4, -0.2) is 50.0 Å². The average Bonchev–Trinajstić information content (AvgIpc) is 2.93. The maximum atomic E-state index is 10.0. The first-order valence-corrected chi connectivity index (χ1v) is 8.82. The van der Waals surface area contributed by atoms with Gasteiger partial charge in [0.05, 0.1) is 20.3 Å². The molecule has 2 aliphatic rings. The maximum absolute atomic E-state index is 10.0. The Kier molecular flexibility index (Phi) is 5.94. The third-order valence-corrected chi connectivity index (χ3v) is 5.29. The van der Waals surface area contributed by atoms with E-state index >= 15 is 0 Å². The monoisotopic (exact) mass is 333 g/mol. The summed E-state index contributed by atoms with van der Waals surface area (Å²) in [4.78, 5) is 2.36. The molecule has 1 fully saturated rings. The van der Waals surface area contributed by atoms with Crippen molar-refractivity contribution >= 4 is 0 Å². The van der Waals surface area contributed by atoms with E-state index in [2.05, 4.69) is 37.1 Å². The molecule has 0 saturated carbocycles. The zero-order chi connectivity index (χ0) is 17.9. The quantitative estimate of drug-likeness (QED) is 0.862. The summed E-state index contributed by atoms with van der Waals surface area (Å²) < 4.78 is 11.0. The normalized spacial score (nSPS) is 28.8. The molecule has 4 heteroatoms. The van der Waals surface area contributed by atoms with E-state index in [0.29, 0.717) is 6.04 Å². The molecular formula is C20H31NO3. The fraction of sp³-hybridized carbons (Fsp3) is 0.600. The van der Waals surface area contributed by atoms with E-state index in [0.717, 1.165) is 36.4 Å². The number of rotatable bonds is 3. The summed E-state index contributed by atoms with van der Waals surface area (Å²) in [6.07, 6.45) is 5.64. The van der Waals surface area contributed by atoms with Gasteiger partial charge in [-0.15, -0.1) is 0 Å². The molecule has 3 atom stereocenters. The van der Waals surface area contributed by atoms with Gasteiger partial charge in [-0.1, -0.05) is 32.1 Å². The number of hydrogen-bond donors (Lipinski definition) is 1. The second-order valence-electron chi connectivity index (χ2n) is 6.48. The lowest BCUT2D eigenvalue weighted by atomic mass is 9.69. The Labute approximate surface area is 146 Å². The number of likely N-dealkylation sites (tertiary alicyclic amines) is 1. The van der Waals surface area contributed by atoms with Crippen molar-refractivity contribution in [3.05, 3.63) is 35.4 Å². The number of aliphatic hydroxyl groups excluding tert-OH is 1. The largest absolute Gasteiger partial charge is 0.493 e. The van der Waals surface area contributed by atoms with Crippen molar-refractivity contribution in [2.24, 2.45) is 0 Å². The van der Waals surface area contributed by atoms with Crippen LogP contribution >= 0.6 is 0 Å². The van der Waals surface area contributed by atoms with Gasteiger partial charge in [0, 0.05) is 11.5 Å². The van der Waals surface area contributed by atoms with Crippen LogP contribution in [0.25, 0.3) is 0 Å². The standard InChI is InChI=1S/C18H25NO3.C2H6/c1-12-9-13(10-15(21-3)17(12)22-4)18-6-5-14(20)11-16(18)19(2)8-7-18;1-2/h5-6,9-10,14,16,20H,7-8,11H2,1-4H3;1-2H3/t14?,16?,18-;/m0./s1. The van der Waals surface area contributed by atoms with Gasteiger partial charge in [-0.2, -0.15) is 0 Å². The van der Waals surface area contributed by atoms with E-state index < -0.39 is 0 Å². The summed E-state index contributed by atoms with van der Waals surface area (Å²) >= 11 is 0. The first-order chi connectivity index (χ1) is 11.5. The first kappa shape index (κ1) is 18.8. The molecule has 3 rings (SSSR count). The van der Waals surface area contributed by atoms with Gasteiger partial charge in [0.2, 0.25) is 0 Å². The third kappa shape index (κ3) is 3.05. The molecule has 1 N–H and O–H groups in total. The minimum Gasteiger partial charge on any atom is -0.493 e. The third-order valence-electron chi connectivity index (χ3n) is 5.29. The van der Waals surface area contributed by atoms with Crippen molar-refractivity contribution in [1.82, 2.24) is 4.90 Å². The molecule has 0 aromatic heterocycles. The maximum Gasteiger partial charge on any atom is 0.163 e. The van der Waals surface area contributed by atoms with Crippen LogP contribution < -0.4 is 9.47 Å². The molecule has 24 heavy (non-hydrogen) atoms. The second kappa shape index (κ2) is 7.58. The van der Waals surface area contributed by atoms with Gasteiger partial charge in [-0.3, -0.25) is 0 Å². The Balaban J connectivity index is 0.00000100. The number of benzene rings is 1. The number of aliphatic hydroxyl groups is 1. The van der Waals surface area contributed by atoms with Crippen LogP contribution in [0.2, 0.25) is 0 Å². The Bertz CT molecular complexity index is 599. The number of aryl methyl sites for hydroxylation is 1. The lowest BCUT2D eigenvalue weighted by molar-refractivity contribution is 0.137. The van der Waals surface area contributed by atoms with Gasteiger partial charge in [0.15, 0.2) is 11.5 Å². The predicted octanol–water partition coefficient (Wildman–Crippen LogP) is 3.30. The van der Waals surface area contributed by atoms with Crippen LogP contribution in [0.1, 0.15) is 37.8 Å². The second-order valence-corrected chi connectivity index (χ2v) is 6.48. The van der Waals surface area contributed by atoms with Gasteiger partial charge in [-0.05, 0) is 50.6 Å². The van der Waals surface area contributed by atoms with Crippen molar-refractivity contribution in [3.63, 3.8) is 0 Å². The molecule has 1 aromatic rings. The fourth-order valence-electron chi connectivity index (χ4n) is 4.11. The number of nitrogens with zero attached hydrogens (tertiary/aromatic N) is 1. The van der Waals surface area contributed by atoms with Crippen LogP contribution in [0, 0.1) is 6.92 Å². The minimum absolute atomic E-state index is 0.0434. The Morgan fingerprint density at radius 2 is 1.92 bits per heavy atom. The van der Waals surface area contributed by atoms with E-state index in [1.54, 1.807) is 14.2 Å². The molecule has 1 aromatic carbocycles. The van der Waals surface area contributed by atoms with Crippen molar-refractivity contribution in [3.8, 4) is 11.5 Å². The molecule has 1 aliphatic heterocycles. The van der Waals surface area contributed by atoms with Crippen molar-refractivity contribution in [2.45, 2.75) is 51.2 Å². The van der Waals surface area contributed by atoms with Crippen molar-refractivity contribution in [2.75, 3.05) is 27.8 Å². The van der Waals surface area contributed by atoms with E-state index in [9.17, 15) is 5.11 Å². The summed E-state index contributed by atoms with van der Waals surface area (Å²) in [7, 11) is 5.50. The van der Waals surface area contributed by atoms with Crippen LogP contribution in [0.5, 0.6) is 11.5 Å². The van der Waals surface area contributed by atoms with Crippen molar-refractivity contribution < 1.29 is 14.6 Å². The summed E-state index contributed by atoms with van der Waals surface area (Å²) in [6.45, 7) is 7.09. The Morgan fingerprint density at radius 3 is 2.54 bits per heavy atom. The van der Waals surface area contributed by atoms with Crippen LogP contribution in [0.4, 0.5) is 0 Å². The summed E-state index contributed by atoms with van der Waals surface area (Å²) in [5.74, 6) is 1.57. The SMILES string of the molecule is CC.COc1cc([C@@]23C=CC(O)CC2N(C)CC3)cc(C)c1OC. The van der Waals surface area contributed by atoms with Gasteiger partial charge >= 0.3 is 0 Å². The first-order valence-electron chi connectivity index (χ1n) is 8.82. The van der Waals surface area contributed by atoms with E-state index in [1.807, 2.05) is 19.9 Å². The topological polar surface area (TPSA) is 41.9 Å². The van der Waals surface area contributed by atoms with Gasteiger partial charge in [-0.25, -0.2) is 0 Å². The smallest absolute Gasteiger partial charge is 0.163 e. The van der Waals surface area contributed by atoms with Crippen LogP contribution in [0.3, 0.4) is 0 Å². The summed E-state index contributed by atoms with van der Waals surface area (Å²) in [5, 5.41) is 10.0. The lowest BCUT2D eigenvalue weighted by Gasteiger charge is -2.40. The van der Waals surface area contributed by atoms with E-state index in [1.165, 1.54) is 5.56 Å². The number of ether oxygens (including phenoxy) is 2. The average molecular weight is 333 g/mol. The Hall–Kier alpha value is -1.52. The molecule has 1 aliphatic carbocycles. The predicted molar refractivity (Wildman–Crippen MR) is 98.1 cm³/mol. The number of likely N-dealkylation sites (N-methyl/N-ethyl adjacent to an activating group) is 1. The minimum atomic E-state index is -0.347.